The van der Waals surface area contributed by atoms with Crippen LogP contribution in [0.4, 0.5) is 0 Å². The van der Waals surface area contributed by atoms with E-state index < -0.39 is 0 Å². The summed E-state index contributed by atoms with van der Waals surface area (Å²) in [6.07, 6.45) is 0. The molecule has 0 bridgehead atoms. The van der Waals surface area contributed by atoms with Crippen LogP contribution in [0.1, 0.15) is 10.4 Å². The number of hydrazine groups is 1. The Hall–Kier alpha value is -2.06. The maximum atomic E-state index is 12.0. The first-order valence-electron chi connectivity index (χ1n) is 6.69. The Morgan fingerprint density at radius 1 is 1.18 bits per heavy atom. The van der Waals surface area contributed by atoms with Crippen molar-refractivity contribution in [2.75, 3.05) is 41.4 Å². The average molecular weight is 326 g/mol. The molecule has 0 aliphatic carbocycles. The molecule has 1 aromatic rings. The van der Waals surface area contributed by atoms with E-state index in [1.54, 1.807) is 18.2 Å². The maximum Gasteiger partial charge on any atom is 0.269 e. The van der Waals surface area contributed by atoms with E-state index in [0.717, 1.165) is 6.54 Å². The van der Waals surface area contributed by atoms with Gasteiger partial charge in [-0.15, -0.1) is 0 Å². The molecule has 3 N–H and O–H groups in total. The smallest absolute Gasteiger partial charge is 0.269 e. The summed E-state index contributed by atoms with van der Waals surface area (Å²) in [5.74, 6) is 0.729. The highest BCUT2D eigenvalue weighted by molar-refractivity contribution is 7.80. The summed E-state index contributed by atoms with van der Waals surface area (Å²) in [7, 11) is 6.99. The van der Waals surface area contributed by atoms with Gasteiger partial charge in [0.2, 0.25) is 0 Å². The summed E-state index contributed by atoms with van der Waals surface area (Å²) in [5.41, 5.74) is 5.61. The predicted octanol–water partition coefficient (Wildman–Crippen LogP) is 0.374. The molecule has 0 aromatic heterocycles. The van der Waals surface area contributed by atoms with Crippen LogP contribution in [0.15, 0.2) is 18.2 Å². The average Bonchev–Trinajstić information content (AvgIpc) is 2.51. The second-order valence-corrected chi connectivity index (χ2v) is 5.12. The fourth-order valence-corrected chi connectivity index (χ4v) is 1.75. The molecular formula is C14H22N4O3S. The van der Waals surface area contributed by atoms with Gasteiger partial charge in [-0.3, -0.25) is 15.6 Å². The Balaban J connectivity index is 2.50. The number of carbonyl (C=O) groups is 1. The van der Waals surface area contributed by atoms with E-state index >= 15 is 0 Å². The molecule has 0 spiro atoms. The first kappa shape index (κ1) is 18.0. The maximum absolute atomic E-state index is 12.0. The van der Waals surface area contributed by atoms with Gasteiger partial charge in [0.05, 0.1) is 14.2 Å². The van der Waals surface area contributed by atoms with Gasteiger partial charge in [-0.05, 0) is 44.5 Å². The standard InChI is InChI=1S/C14H22N4O3S/c1-18(2)8-7-15-14(22)17-16-13(19)10-5-6-11(20-3)12(9-10)21-4/h5-6,9H,7-8H2,1-4H3,(H,16,19)(H2,15,17,22). The molecular weight excluding hydrogens is 304 g/mol. The van der Waals surface area contributed by atoms with Crippen molar-refractivity contribution in [3.63, 3.8) is 0 Å². The van der Waals surface area contributed by atoms with Crippen LogP contribution in [-0.4, -0.2) is 57.3 Å². The molecule has 1 amide bonds. The van der Waals surface area contributed by atoms with Gasteiger partial charge in [-0.1, -0.05) is 0 Å². The summed E-state index contributed by atoms with van der Waals surface area (Å²) in [6, 6.07) is 4.90. The van der Waals surface area contributed by atoms with Gasteiger partial charge in [0.1, 0.15) is 0 Å². The molecule has 122 valence electrons. The zero-order chi connectivity index (χ0) is 16.5. The number of benzene rings is 1. The number of likely N-dealkylation sites (N-methyl/N-ethyl adjacent to an activating group) is 1. The van der Waals surface area contributed by atoms with Gasteiger partial charge >= 0.3 is 0 Å². The van der Waals surface area contributed by atoms with Crippen molar-refractivity contribution in [1.29, 1.82) is 0 Å². The van der Waals surface area contributed by atoms with E-state index in [0.29, 0.717) is 28.7 Å². The minimum Gasteiger partial charge on any atom is -0.493 e. The number of nitrogens with zero attached hydrogens (tertiary/aromatic N) is 1. The van der Waals surface area contributed by atoms with E-state index in [1.165, 1.54) is 14.2 Å². The SMILES string of the molecule is COc1ccc(C(=O)NNC(=S)NCCN(C)C)cc1OC. The molecule has 22 heavy (non-hydrogen) atoms. The molecule has 8 heteroatoms. The van der Waals surface area contributed by atoms with Gasteiger partial charge in [-0.2, -0.15) is 0 Å². The number of rotatable bonds is 6. The lowest BCUT2D eigenvalue weighted by Crippen LogP contribution is -2.47. The molecule has 0 radical (unpaired) electrons. The van der Waals surface area contributed by atoms with Gasteiger partial charge < -0.3 is 19.7 Å². The van der Waals surface area contributed by atoms with Crippen molar-refractivity contribution in [3.8, 4) is 11.5 Å². The number of ether oxygens (including phenoxy) is 2. The quantitative estimate of drug-likeness (QED) is 0.515. The van der Waals surface area contributed by atoms with Crippen molar-refractivity contribution in [1.82, 2.24) is 21.1 Å². The van der Waals surface area contributed by atoms with Crippen molar-refractivity contribution < 1.29 is 14.3 Å². The van der Waals surface area contributed by atoms with Crippen LogP contribution in [0.5, 0.6) is 11.5 Å². The van der Waals surface area contributed by atoms with E-state index in [2.05, 4.69) is 16.2 Å². The minimum atomic E-state index is -0.322. The highest BCUT2D eigenvalue weighted by Gasteiger charge is 2.10. The van der Waals surface area contributed by atoms with Gasteiger partial charge in [0.25, 0.3) is 5.91 Å². The summed E-state index contributed by atoms with van der Waals surface area (Å²) in [6.45, 7) is 1.52. The van der Waals surface area contributed by atoms with Crippen molar-refractivity contribution >= 4 is 23.2 Å². The fraction of sp³-hybridized carbons (Fsp3) is 0.429. The third-order valence-electron chi connectivity index (χ3n) is 2.78. The molecule has 0 unspecified atom stereocenters. The van der Waals surface area contributed by atoms with E-state index in [9.17, 15) is 4.79 Å². The molecule has 7 nitrogen and oxygen atoms in total. The van der Waals surface area contributed by atoms with Gasteiger partial charge in [-0.25, -0.2) is 0 Å². The molecule has 0 aliphatic heterocycles. The topological polar surface area (TPSA) is 74.9 Å². The summed E-state index contributed by atoms with van der Waals surface area (Å²) < 4.78 is 10.3. The van der Waals surface area contributed by atoms with Crippen molar-refractivity contribution in [3.05, 3.63) is 23.8 Å². The highest BCUT2D eigenvalue weighted by Crippen LogP contribution is 2.27. The molecule has 0 aliphatic rings. The predicted molar refractivity (Wildman–Crippen MR) is 89.3 cm³/mol. The van der Waals surface area contributed by atoms with Crippen LogP contribution in [0.25, 0.3) is 0 Å². The number of thiocarbonyl (C=S) groups is 1. The van der Waals surface area contributed by atoms with Gasteiger partial charge in [0, 0.05) is 18.7 Å². The number of carbonyl (C=O) groups excluding carboxylic acids is 1. The van der Waals surface area contributed by atoms with Gasteiger partial charge in [0.15, 0.2) is 16.6 Å². The summed E-state index contributed by atoms with van der Waals surface area (Å²) in [4.78, 5) is 14.1. The Morgan fingerprint density at radius 2 is 1.86 bits per heavy atom. The second kappa shape index (κ2) is 9.06. The van der Waals surface area contributed by atoms with Crippen LogP contribution in [0.3, 0.4) is 0 Å². The molecule has 0 atom stereocenters. The Kier molecular flexibility index (Phi) is 7.41. The van der Waals surface area contributed by atoms with E-state index in [1.807, 2.05) is 19.0 Å². The molecule has 0 saturated heterocycles. The van der Waals surface area contributed by atoms with E-state index in [-0.39, 0.29) is 5.91 Å². The highest BCUT2D eigenvalue weighted by atomic mass is 32.1. The first-order valence-corrected chi connectivity index (χ1v) is 7.09. The number of nitrogens with one attached hydrogen (secondary N) is 3. The lowest BCUT2D eigenvalue weighted by molar-refractivity contribution is 0.0943. The summed E-state index contributed by atoms with van der Waals surface area (Å²) >= 11 is 5.06. The zero-order valence-corrected chi connectivity index (χ0v) is 14.0. The second-order valence-electron chi connectivity index (χ2n) is 4.71. The Morgan fingerprint density at radius 3 is 2.45 bits per heavy atom. The normalized spacial score (nSPS) is 10.0. The molecule has 1 rings (SSSR count). The lowest BCUT2D eigenvalue weighted by Gasteiger charge is -2.14. The third-order valence-corrected chi connectivity index (χ3v) is 3.03. The van der Waals surface area contributed by atoms with Crippen LogP contribution in [0, 0.1) is 0 Å². The minimum absolute atomic E-state index is 0.322. The van der Waals surface area contributed by atoms with Crippen LogP contribution in [0.2, 0.25) is 0 Å². The Labute approximate surface area is 135 Å². The Bertz CT molecular complexity index is 523. The van der Waals surface area contributed by atoms with Crippen LogP contribution < -0.4 is 25.6 Å². The van der Waals surface area contributed by atoms with Crippen LogP contribution >= 0.6 is 12.2 Å². The summed E-state index contributed by atoms with van der Waals surface area (Å²) in [5, 5.41) is 3.34. The lowest BCUT2D eigenvalue weighted by atomic mass is 10.2. The number of methoxy groups -OCH3 is 2. The first-order chi connectivity index (χ1) is 10.5. The number of amides is 1. The zero-order valence-electron chi connectivity index (χ0n) is 13.2. The number of hydrogen-bond donors (Lipinski definition) is 3. The molecule has 1 aromatic carbocycles. The molecule has 0 heterocycles. The van der Waals surface area contributed by atoms with Crippen LogP contribution in [-0.2, 0) is 0 Å². The fourth-order valence-electron chi connectivity index (χ4n) is 1.60. The number of hydrogen-bond acceptors (Lipinski definition) is 5. The third kappa shape index (κ3) is 5.74. The van der Waals surface area contributed by atoms with Crippen molar-refractivity contribution in [2.24, 2.45) is 0 Å². The largest absolute Gasteiger partial charge is 0.493 e. The molecule has 0 saturated carbocycles. The molecule has 0 fully saturated rings. The monoisotopic (exact) mass is 326 g/mol. The van der Waals surface area contributed by atoms with E-state index in [4.69, 9.17) is 21.7 Å². The van der Waals surface area contributed by atoms with Crippen molar-refractivity contribution in [2.45, 2.75) is 0 Å².